The van der Waals surface area contributed by atoms with Gasteiger partial charge in [0.25, 0.3) is 0 Å². The molecule has 102 valence electrons. The van der Waals surface area contributed by atoms with Gasteiger partial charge in [0.05, 0.1) is 0 Å². The van der Waals surface area contributed by atoms with Crippen LogP contribution in [-0.2, 0) is 4.79 Å². The fourth-order valence-electron chi connectivity index (χ4n) is 2.09. The van der Waals surface area contributed by atoms with E-state index in [2.05, 4.69) is 5.32 Å². The lowest BCUT2D eigenvalue weighted by atomic mass is 10.1. The smallest absolute Gasteiger partial charge is 0.330 e. The molecule has 3 rings (SSSR count). The van der Waals surface area contributed by atoms with Crippen LogP contribution in [0.15, 0.2) is 48.5 Å². The highest BCUT2D eigenvalue weighted by Gasteiger charge is 2.20. The molecule has 0 fully saturated rings. The van der Waals surface area contributed by atoms with Gasteiger partial charge < -0.3 is 19.9 Å². The monoisotopic (exact) mass is 271 g/mol. The quantitative estimate of drug-likeness (QED) is 0.894. The number of carbonyl (C=O) groups is 1. The summed E-state index contributed by atoms with van der Waals surface area (Å²) in [4.78, 5) is 11.4. The first-order valence-electron chi connectivity index (χ1n) is 6.18. The second kappa shape index (κ2) is 5.13. The average molecular weight is 271 g/mol. The number of aliphatic carboxylic acids is 1. The third kappa shape index (κ3) is 2.38. The predicted octanol–water partition coefficient (Wildman–Crippen LogP) is 2.65. The van der Waals surface area contributed by atoms with Crippen molar-refractivity contribution in [3.63, 3.8) is 0 Å². The maximum atomic E-state index is 11.4. The maximum Gasteiger partial charge on any atom is 0.330 e. The van der Waals surface area contributed by atoms with E-state index in [1.165, 1.54) is 0 Å². The van der Waals surface area contributed by atoms with Crippen molar-refractivity contribution in [3.8, 4) is 11.5 Å². The van der Waals surface area contributed by atoms with Crippen LogP contribution in [0.5, 0.6) is 11.5 Å². The summed E-state index contributed by atoms with van der Waals surface area (Å²) in [7, 11) is 0. The van der Waals surface area contributed by atoms with Gasteiger partial charge in [0.15, 0.2) is 17.5 Å². The summed E-state index contributed by atoms with van der Waals surface area (Å²) in [6, 6.07) is 13.5. The van der Waals surface area contributed by atoms with Crippen LogP contribution in [0.2, 0.25) is 0 Å². The number of carboxylic acids is 1. The summed E-state index contributed by atoms with van der Waals surface area (Å²) in [5.74, 6) is 0.350. The Labute approximate surface area is 115 Å². The zero-order valence-corrected chi connectivity index (χ0v) is 10.6. The Balaban J connectivity index is 1.86. The van der Waals surface area contributed by atoms with Crippen LogP contribution in [0.25, 0.3) is 0 Å². The van der Waals surface area contributed by atoms with Crippen LogP contribution in [0.3, 0.4) is 0 Å². The molecule has 0 saturated carbocycles. The lowest BCUT2D eigenvalue weighted by Crippen LogP contribution is -2.20. The highest BCUT2D eigenvalue weighted by molar-refractivity contribution is 5.79. The molecule has 0 bridgehead atoms. The van der Waals surface area contributed by atoms with Crippen molar-refractivity contribution < 1.29 is 19.4 Å². The molecule has 2 aromatic carbocycles. The predicted molar refractivity (Wildman–Crippen MR) is 73.0 cm³/mol. The van der Waals surface area contributed by atoms with E-state index >= 15 is 0 Å². The normalized spacial score (nSPS) is 13.8. The Morgan fingerprint density at radius 1 is 1.10 bits per heavy atom. The summed E-state index contributed by atoms with van der Waals surface area (Å²) >= 11 is 0. The van der Waals surface area contributed by atoms with Gasteiger partial charge in [0, 0.05) is 11.8 Å². The number of hydrogen-bond donors (Lipinski definition) is 2. The number of benzene rings is 2. The van der Waals surface area contributed by atoms with E-state index in [1.54, 1.807) is 30.3 Å². The first-order chi connectivity index (χ1) is 9.74. The second-order valence-corrected chi connectivity index (χ2v) is 4.39. The van der Waals surface area contributed by atoms with Gasteiger partial charge in [-0.15, -0.1) is 0 Å². The summed E-state index contributed by atoms with van der Waals surface area (Å²) in [6.07, 6.45) is 0. The Morgan fingerprint density at radius 3 is 2.60 bits per heavy atom. The molecule has 5 nitrogen and oxygen atoms in total. The van der Waals surface area contributed by atoms with E-state index in [4.69, 9.17) is 9.47 Å². The molecule has 0 spiro atoms. The molecule has 2 aromatic rings. The molecule has 0 aliphatic carbocycles. The number of fused-ring (bicyclic) bond motifs is 1. The van der Waals surface area contributed by atoms with Crippen LogP contribution in [0, 0.1) is 0 Å². The van der Waals surface area contributed by atoms with Crippen molar-refractivity contribution in [2.45, 2.75) is 6.04 Å². The largest absolute Gasteiger partial charge is 0.479 e. The van der Waals surface area contributed by atoms with Crippen LogP contribution in [-0.4, -0.2) is 17.9 Å². The molecule has 0 unspecified atom stereocenters. The van der Waals surface area contributed by atoms with Crippen molar-refractivity contribution in [1.29, 1.82) is 0 Å². The fourth-order valence-corrected chi connectivity index (χ4v) is 2.09. The van der Waals surface area contributed by atoms with E-state index in [0.717, 1.165) is 0 Å². The third-order valence-corrected chi connectivity index (χ3v) is 3.06. The third-order valence-electron chi connectivity index (χ3n) is 3.06. The Morgan fingerprint density at radius 2 is 1.85 bits per heavy atom. The first kappa shape index (κ1) is 12.3. The summed E-state index contributed by atoms with van der Waals surface area (Å²) in [6.45, 7) is 0.194. The van der Waals surface area contributed by atoms with Crippen LogP contribution >= 0.6 is 0 Å². The molecule has 1 aliphatic rings. The Bertz CT molecular complexity index is 627. The fraction of sp³-hybridized carbons (Fsp3) is 0.133. The molecule has 1 atom stereocenters. The molecule has 5 heteroatoms. The summed E-state index contributed by atoms with van der Waals surface area (Å²) in [5, 5.41) is 12.4. The molecule has 2 N–H and O–H groups in total. The average Bonchev–Trinajstić information content (AvgIpc) is 2.93. The van der Waals surface area contributed by atoms with Gasteiger partial charge in [0.1, 0.15) is 0 Å². The number of anilines is 1. The number of nitrogens with one attached hydrogen (secondary N) is 1. The van der Waals surface area contributed by atoms with Gasteiger partial charge >= 0.3 is 5.97 Å². The van der Waals surface area contributed by atoms with Crippen LogP contribution in [0.4, 0.5) is 5.69 Å². The lowest BCUT2D eigenvalue weighted by molar-refractivity contribution is -0.138. The molecule has 1 heterocycles. The van der Waals surface area contributed by atoms with Gasteiger partial charge in [-0.1, -0.05) is 30.3 Å². The van der Waals surface area contributed by atoms with Crippen molar-refractivity contribution in [2.24, 2.45) is 0 Å². The number of carboxylic acid groups (broad SMARTS) is 1. The molecular formula is C15H13NO4. The standard InChI is InChI=1S/C15H13NO4/c17-15(18)14(10-4-2-1-3-5-10)16-11-6-7-12-13(8-11)20-9-19-12/h1-8,14,16H,9H2,(H,17,18)/t14-/m0/s1. The minimum Gasteiger partial charge on any atom is -0.479 e. The molecular weight excluding hydrogens is 258 g/mol. The van der Waals surface area contributed by atoms with E-state index in [0.29, 0.717) is 22.7 Å². The molecule has 0 amide bonds. The van der Waals surface area contributed by atoms with Gasteiger partial charge in [0.2, 0.25) is 6.79 Å². The Kier molecular flexibility index (Phi) is 3.16. The Hall–Kier alpha value is -2.69. The first-order valence-corrected chi connectivity index (χ1v) is 6.18. The molecule has 0 saturated heterocycles. The van der Waals surface area contributed by atoms with Crippen LogP contribution in [0.1, 0.15) is 11.6 Å². The SMILES string of the molecule is O=C(O)[C@@H](Nc1ccc2c(c1)OCO2)c1ccccc1. The number of ether oxygens (including phenoxy) is 2. The lowest BCUT2D eigenvalue weighted by Gasteiger charge is -2.16. The number of hydrogen-bond acceptors (Lipinski definition) is 4. The van der Waals surface area contributed by atoms with Crippen molar-refractivity contribution >= 4 is 11.7 Å². The minimum atomic E-state index is -0.936. The highest BCUT2D eigenvalue weighted by atomic mass is 16.7. The molecule has 1 aliphatic heterocycles. The van der Waals surface area contributed by atoms with Gasteiger partial charge in [-0.3, -0.25) is 0 Å². The van der Waals surface area contributed by atoms with Gasteiger partial charge in [-0.25, -0.2) is 4.79 Å². The topological polar surface area (TPSA) is 67.8 Å². The van der Waals surface area contributed by atoms with Gasteiger partial charge in [-0.2, -0.15) is 0 Å². The maximum absolute atomic E-state index is 11.4. The summed E-state index contributed by atoms with van der Waals surface area (Å²) < 4.78 is 10.5. The van der Waals surface area contributed by atoms with E-state index < -0.39 is 12.0 Å². The summed E-state index contributed by atoms with van der Waals surface area (Å²) in [5.41, 5.74) is 1.36. The molecule has 0 radical (unpaired) electrons. The van der Waals surface area contributed by atoms with Crippen molar-refractivity contribution in [2.75, 3.05) is 12.1 Å². The number of rotatable bonds is 4. The van der Waals surface area contributed by atoms with Crippen molar-refractivity contribution in [1.82, 2.24) is 0 Å². The van der Waals surface area contributed by atoms with E-state index in [-0.39, 0.29) is 6.79 Å². The molecule has 20 heavy (non-hydrogen) atoms. The minimum absolute atomic E-state index is 0.194. The second-order valence-electron chi connectivity index (χ2n) is 4.39. The zero-order valence-electron chi connectivity index (χ0n) is 10.6. The highest BCUT2D eigenvalue weighted by Crippen LogP contribution is 2.35. The van der Waals surface area contributed by atoms with Gasteiger partial charge in [-0.05, 0) is 17.7 Å². The van der Waals surface area contributed by atoms with E-state index in [9.17, 15) is 9.90 Å². The van der Waals surface area contributed by atoms with E-state index in [1.807, 2.05) is 18.2 Å². The van der Waals surface area contributed by atoms with Crippen LogP contribution < -0.4 is 14.8 Å². The van der Waals surface area contributed by atoms with Crippen molar-refractivity contribution in [3.05, 3.63) is 54.1 Å². The zero-order chi connectivity index (χ0) is 13.9. The molecule has 0 aromatic heterocycles.